The molecule has 1 atom stereocenters. The Balaban J connectivity index is 1.36. The van der Waals surface area contributed by atoms with Crippen molar-refractivity contribution in [3.8, 4) is 17.2 Å². The van der Waals surface area contributed by atoms with Gasteiger partial charge in [-0.1, -0.05) is 6.07 Å². The van der Waals surface area contributed by atoms with Gasteiger partial charge in [0, 0.05) is 18.2 Å². The largest absolute Gasteiger partial charge is 0.493 e. The van der Waals surface area contributed by atoms with Gasteiger partial charge in [-0.25, -0.2) is 0 Å². The molecular formula is C22H30N4O3. The highest BCUT2D eigenvalue weighted by atomic mass is 16.5. The highest BCUT2D eigenvalue weighted by molar-refractivity contribution is 5.67. The molecule has 2 aromatic rings. The Morgan fingerprint density at radius 3 is 2.69 bits per heavy atom. The number of ether oxygens (including phenoxy) is 3. The molecule has 2 aliphatic heterocycles. The Morgan fingerprint density at radius 2 is 1.97 bits per heavy atom. The normalized spacial score (nSPS) is 21.9. The monoisotopic (exact) mass is 398 g/mol. The van der Waals surface area contributed by atoms with Crippen molar-refractivity contribution in [2.75, 3.05) is 37.9 Å². The maximum atomic E-state index is 6.59. The van der Waals surface area contributed by atoms with Crippen molar-refractivity contribution in [3.05, 3.63) is 42.0 Å². The van der Waals surface area contributed by atoms with Crippen LogP contribution in [-0.2, 0) is 6.54 Å². The highest BCUT2D eigenvalue weighted by Gasteiger charge is 2.43. The van der Waals surface area contributed by atoms with E-state index in [0.29, 0.717) is 12.3 Å². The molecule has 2 heterocycles. The third-order valence-corrected chi connectivity index (χ3v) is 5.74. The molecule has 0 amide bonds. The van der Waals surface area contributed by atoms with E-state index < -0.39 is 5.85 Å². The van der Waals surface area contributed by atoms with Gasteiger partial charge < -0.3 is 25.3 Å². The van der Waals surface area contributed by atoms with E-state index in [1.165, 1.54) is 5.56 Å². The van der Waals surface area contributed by atoms with Crippen LogP contribution in [0.4, 0.5) is 11.4 Å². The summed E-state index contributed by atoms with van der Waals surface area (Å²) in [4.78, 5) is 2.44. The molecule has 7 heteroatoms. The summed E-state index contributed by atoms with van der Waals surface area (Å²) in [6, 6.07) is 11.7. The minimum absolute atomic E-state index is 0.224. The maximum absolute atomic E-state index is 6.59. The lowest BCUT2D eigenvalue weighted by atomic mass is 9.91. The van der Waals surface area contributed by atoms with Gasteiger partial charge in [0.15, 0.2) is 11.5 Å². The smallest absolute Gasteiger partial charge is 0.239 e. The molecule has 7 nitrogen and oxygen atoms in total. The van der Waals surface area contributed by atoms with Gasteiger partial charge in [-0.3, -0.25) is 10.6 Å². The molecule has 0 spiro atoms. The molecule has 1 fully saturated rings. The Morgan fingerprint density at radius 1 is 1.17 bits per heavy atom. The molecule has 29 heavy (non-hydrogen) atoms. The fourth-order valence-corrected chi connectivity index (χ4v) is 4.20. The van der Waals surface area contributed by atoms with Gasteiger partial charge in [0.1, 0.15) is 5.75 Å². The van der Waals surface area contributed by atoms with Crippen LogP contribution in [0.1, 0.15) is 25.3 Å². The number of nitrogens with zero attached hydrogens (tertiary/aromatic N) is 1. The summed E-state index contributed by atoms with van der Waals surface area (Å²) in [5, 5.41) is 3.35. The summed E-state index contributed by atoms with van der Waals surface area (Å²) in [5.74, 6) is 1.69. The van der Waals surface area contributed by atoms with Crippen LogP contribution in [-0.4, -0.2) is 37.6 Å². The summed E-state index contributed by atoms with van der Waals surface area (Å²) in [5.41, 5.74) is 15.3. The number of nitrogens with two attached hydrogens (primary N) is 2. The number of benzene rings is 2. The predicted molar refractivity (Wildman–Crippen MR) is 114 cm³/mol. The van der Waals surface area contributed by atoms with Gasteiger partial charge >= 0.3 is 0 Å². The van der Waals surface area contributed by atoms with Crippen molar-refractivity contribution in [2.45, 2.75) is 32.2 Å². The second-order valence-corrected chi connectivity index (χ2v) is 7.74. The van der Waals surface area contributed by atoms with Crippen molar-refractivity contribution in [3.63, 3.8) is 0 Å². The first-order chi connectivity index (χ1) is 14.0. The fourth-order valence-electron chi connectivity index (χ4n) is 4.20. The van der Waals surface area contributed by atoms with E-state index in [1.54, 1.807) is 7.11 Å². The summed E-state index contributed by atoms with van der Waals surface area (Å²) in [7, 11) is 1.66. The van der Waals surface area contributed by atoms with Gasteiger partial charge in [-0.05, 0) is 68.8 Å². The molecular weight excluding hydrogens is 368 g/mol. The number of likely N-dealkylation sites (tertiary alicyclic amines) is 1. The van der Waals surface area contributed by atoms with Crippen molar-refractivity contribution in [2.24, 2.45) is 11.7 Å². The first-order valence-electron chi connectivity index (χ1n) is 10.2. The first kappa shape index (κ1) is 19.7. The van der Waals surface area contributed by atoms with Crippen LogP contribution in [0.15, 0.2) is 36.4 Å². The summed E-state index contributed by atoms with van der Waals surface area (Å²) >= 11 is 0. The quantitative estimate of drug-likeness (QED) is 0.644. The Kier molecular flexibility index (Phi) is 5.43. The van der Waals surface area contributed by atoms with E-state index >= 15 is 0 Å². The average molecular weight is 399 g/mol. The molecule has 1 saturated heterocycles. The zero-order chi connectivity index (χ0) is 20.4. The van der Waals surface area contributed by atoms with E-state index in [4.69, 9.17) is 25.7 Å². The highest BCUT2D eigenvalue weighted by Crippen LogP contribution is 2.41. The summed E-state index contributed by atoms with van der Waals surface area (Å²) < 4.78 is 17.2. The molecule has 1 unspecified atom stereocenters. The molecule has 156 valence electrons. The standard InChI is InChI=1S/C22H30N4O3/c1-3-28-21-12-15(4-6-20(21)27-2)14-26-10-8-16(9-11-26)22(24)25-18-13-17(23)5-7-19(18)29-22/h4-7,12-13,16,25H,3,8-11,14,23-24H2,1-2H3. The molecule has 0 aliphatic carbocycles. The van der Waals surface area contributed by atoms with Crippen LogP contribution < -0.4 is 31.0 Å². The number of anilines is 2. The molecule has 2 aromatic carbocycles. The van der Waals surface area contributed by atoms with Crippen LogP contribution in [0.3, 0.4) is 0 Å². The maximum Gasteiger partial charge on any atom is 0.239 e. The minimum Gasteiger partial charge on any atom is -0.493 e. The molecule has 2 aliphatic rings. The van der Waals surface area contributed by atoms with Crippen molar-refractivity contribution < 1.29 is 14.2 Å². The lowest BCUT2D eigenvalue weighted by Gasteiger charge is -2.39. The first-order valence-corrected chi connectivity index (χ1v) is 10.2. The van der Waals surface area contributed by atoms with E-state index in [2.05, 4.69) is 22.3 Å². The molecule has 0 radical (unpaired) electrons. The number of methoxy groups -OCH3 is 1. The third kappa shape index (κ3) is 4.06. The number of nitrogens with one attached hydrogen (secondary N) is 1. The molecule has 0 aromatic heterocycles. The Hall–Kier alpha value is -2.64. The summed E-state index contributed by atoms with van der Waals surface area (Å²) in [6.45, 7) is 5.39. The van der Waals surface area contributed by atoms with Crippen LogP contribution in [0, 0.1) is 5.92 Å². The van der Waals surface area contributed by atoms with Crippen LogP contribution in [0.5, 0.6) is 17.2 Å². The Labute approximate surface area is 171 Å². The zero-order valence-corrected chi connectivity index (χ0v) is 17.1. The molecule has 0 bridgehead atoms. The van der Waals surface area contributed by atoms with Gasteiger partial charge in [0.05, 0.1) is 19.4 Å². The van der Waals surface area contributed by atoms with Crippen LogP contribution in [0.25, 0.3) is 0 Å². The number of hydrogen-bond acceptors (Lipinski definition) is 7. The number of rotatable bonds is 6. The van der Waals surface area contributed by atoms with E-state index in [-0.39, 0.29) is 5.92 Å². The minimum atomic E-state index is -0.871. The molecule has 0 saturated carbocycles. The van der Waals surface area contributed by atoms with E-state index in [0.717, 1.165) is 55.4 Å². The Bertz CT molecular complexity index is 867. The van der Waals surface area contributed by atoms with Gasteiger partial charge in [0.25, 0.3) is 0 Å². The van der Waals surface area contributed by atoms with Gasteiger partial charge in [0.2, 0.25) is 5.85 Å². The van der Waals surface area contributed by atoms with Gasteiger partial charge in [-0.2, -0.15) is 0 Å². The van der Waals surface area contributed by atoms with E-state index in [1.807, 2.05) is 31.2 Å². The van der Waals surface area contributed by atoms with Crippen molar-refractivity contribution in [1.29, 1.82) is 0 Å². The topological polar surface area (TPSA) is 95.0 Å². The van der Waals surface area contributed by atoms with Crippen LogP contribution in [0.2, 0.25) is 0 Å². The number of nitrogen functional groups attached to an aromatic ring is 1. The van der Waals surface area contributed by atoms with Crippen molar-refractivity contribution >= 4 is 11.4 Å². The van der Waals surface area contributed by atoms with E-state index in [9.17, 15) is 0 Å². The number of fused-ring (bicyclic) bond motifs is 1. The van der Waals surface area contributed by atoms with Crippen LogP contribution >= 0.6 is 0 Å². The predicted octanol–water partition coefficient (Wildman–Crippen LogP) is 3.01. The second kappa shape index (κ2) is 8.00. The van der Waals surface area contributed by atoms with Crippen molar-refractivity contribution in [1.82, 2.24) is 4.90 Å². The lowest BCUT2D eigenvalue weighted by Crippen LogP contribution is -2.58. The SMILES string of the molecule is CCOc1cc(CN2CCC(C3(N)Nc4cc(N)ccc4O3)CC2)ccc1OC. The third-order valence-electron chi connectivity index (χ3n) is 5.74. The number of piperidine rings is 1. The second-order valence-electron chi connectivity index (χ2n) is 7.74. The average Bonchev–Trinajstić information content (AvgIpc) is 3.05. The summed E-state index contributed by atoms with van der Waals surface area (Å²) in [6.07, 6.45) is 1.92. The molecule has 5 N–H and O–H groups in total. The lowest BCUT2D eigenvalue weighted by molar-refractivity contribution is 0.0175. The fraction of sp³-hybridized carbons (Fsp3) is 0.455. The molecule has 4 rings (SSSR count). The van der Waals surface area contributed by atoms with Gasteiger partial charge in [-0.15, -0.1) is 0 Å². The number of hydrogen-bond donors (Lipinski definition) is 3. The zero-order valence-electron chi connectivity index (χ0n) is 17.1.